The van der Waals surface area contributed by atoms with E-state index in [9.17, 15) is 0 Å². The average molecular weight is 857 g/mol. The molecule has 2 aliphatic heterocycles. The molecule has 3 nitrogen and oxygen atoms in total. The van der Waals surface area contributed by atoms with E-state index in [1.54, 1.807) is 0 Å². The van der Waals surface area contributed by atoms with Gasteiger partial charge in [-0.05, 0) is 155 Å². The zero-order chi connectivity index (χ0) is 44.4. The Morgan fingerprint density at radius 3 is 1.61 bits per heavy atom. The third kappa shape index (κ3) is 5.58. The smallest absolute Gasteiger partial charge is 0.151 e. The fourth-order valence-corrected chi connectivity index (χ4v) is 11.7. The van der Waals surface area contributed by atoms with Crippen molar-refractivity contribution in [1.29, 1.82) is 0 Å². The van der Waals surface area contributed by atoms with E-state index in [4.69, 9.17) is 4.74 Å². The lowest BCUT2D eigenvalue weighted by Crippen LogP contribution is -2.18. The van der Waals surface area contributed by atoms with Crippen LogP contribution in [-0.4, -0.2) is 0 Å². The molecule has 1 aliphatic carbocycles. The molecule has 2 heterocycles. The third-order valence-electron chi connectivity index (χ3n) is 14.8. The van der Waals surface area contributed by atoms with Crippen LogP contribution < -0.4 is 14.5 Å². The number of nitrogens with zero attached hydrogens (tertiary/aromatic N) is 2. The van der Waals surface area contributed by atoms with Crippen LogP contribution in [0.15, 0.2) is 218 Å². The van der Waals surface area contributed by atoms with E-state index < -0.39 is 0 Å². The average Bonchev–Trinajstić information content (AvgIpc) is 3.60. The van der Waals surface area contributed by atoms with E-state index in [0.717, 1.165) is 40.7 Å². The number of ether oxygens (including phenoxy) is 1. The van der Waals surface area contributed by atoms with Gasteiger partial charge in [-0.2, -0.15) is 0 Å². The second kappa shape index (κ2) is 14.3. The first-order valence-corrected chi connectivity index (χ1v) is 23.4. The number of fused-ring (bicyclic) bond motifs is 10. The molecule has 0 spiro atoms. The Labute approximate surface area is 390 Å². The van der Waals surface area contributed by atoms with Gasteiger partial charge < -0.3 is 14.5 Å². The summed E-state index contributed by atoms with van der Waals surface area (Å²) in [6, 6.07) is 80.8. The van der Waals surface area contributed by atoms with Crippen LogP contribution in [0.4, 0.5) is 34.1 Å². The molecular weight excluding hydrogens is 813 g/mol. The Hall–Kier alpha value is -8.40. The van der Waals surface area contributed by atoms with Crippen LogP contribution in [0, 0.1) is 0 Å². The molecule has 0 radical (unpaired) electrons. The highest BCUT2D eigenvalue weighted by atomic mass is 16.5. The van der Waals surface area contributed by atoms with Gasteiger partial charge in [0, 0.05) is 34.6 Å². The second-order valence-electron chi connectivity index (χ2n) is 18.8. The van der Waals surface area contributed by atoms with Gasteiger partial charge in [-0.25, -0.2) is 0 Å². The molecule has 3 heteroatoms. The summed E-state index contributed by atoms with van der Waals surface area (Å²) in [4.78, 5) is 4.85. The fraction of sp³-hybridized carbons (Fsp3) is 0.0625. The second-order valence-corrected chi connectivity index (χ2v) is 18.8. The Balaban J connectivity index is 1.11. The number of rotatable bonds is 4. The van der Waals surface area contributed by atoms with E-state index in [-0.39, 0.29) is 5.41 Å². The fourth-order valence-electron chi connectivity index (χ4n) is 11.7. The first kappa shape index (κ1) is 37.9. The van der Waals surface area contributed by atoms with E-state index in [2.05, 4.69) is 230 Å². The largest absolute Gasteiger partial charge is 0.453 e. The molecular formula is C64H44N2O. The molecule has 0 bridgehead atoms. The van der Waals surface area contributed by atoms with E-state index in [1.807, 2.05) is 12.1 Å². The quantitative estimate of drug-likeness (QED) is 0.164. The van der Waals surface area contributed by atoms with Gasteiger partial charge >= 0.3 is 0 Å². The Morgan fingerprint density at radius 2 is 0.896 bits per heavy atom. The summed E-state index contributed by atoms with van der Waals surface area (Å²) >= 11 is 0. The molecule has 11 aromatic carbocycles. The molecule has 0 saturated heterocycles. The summed E-state index contributed by atoms with van der Waals surface area (Å²) < 4.78 is 6.53. The summed E-state index contributed by atoms with van der Waals surface area (Å²) in [6.45, 7) is 4.77. The van der Waals surface area contributed by atoms with Crippen LogP contribution in [0.3, 0.4) is 0 Å². The van der Waals surface area contributed by atoms with E-state index in [0.29, 0.717) is 0 Å². The van der Waals surface area contributed by atoms with Crippen LogP contribution in [-0.2, 0) is 11.8 Å². The van der Waals surface area contributed by atoms with Crippen molar-refractivity contribution in [2.24, 2.45) is 0 Å². The number of hydrogen-bond acceptors (Lipinski definition) is 3. The van der Waals surface area contributed by atoms with Crippen molar-refractivity contribution in [2.45, 2.75) is 25.7 Å². The predicted molar refractivity (Wildman–Crippen MR) is 280 cm³/mol. The zero-order valence-corrected chi connectivity index (χ0v) is 37.3. The monoisotopic (exact) mass is 856 g/mol. The number of benzene rings is 11. The number of para-hydroxylation sites is 6. The Bertz CT molecular complexity index is 3780. The maximum atomic E-state index is 6.53. The molecule has 0 aromatic heterocycles. The predicted octanol–water partition coefficient (Wildman–Crippen LogP) is 17.7. The molecule has 0 atom stereocenters. The van der Waals surface area contributed by atoms with Gasteiger partial charge in [0.15, 0.2) is 11.5 Å². The van der Waals surface area contributed by atoms with Gasteiger partial charge in [0.25, 0.3) is 0 Å². The molecule has 0 saturated carbocycles. The molecule has 14 rings (SSSR count). The van der Waals surface area contributed by atoms with Crippen LogP contribution in [0.25, 0.3) is 65.7 Å². The molecule has 3 aliphatic rings. The van der Waals surface area contributed by atoms with E-state index in [1.165, 1.54) is 99.3 Å². The van der Waals surface area contributed by atoms with Gasteiger partial charge in [0.05, 0.1) is 11.4 Å². The molecule has 0 N–H and O–H groups in total. The minimum atomic E-state index is -0.160. The van der Waals surface area contributed by atoms with Crippen LogP contribution in [0.5, 0.6) is 11.5 Å². The van der Waals surface area contributed by atoms with Gasteiger partial charge in [0.2, 0.25) is 0 Å². The minimum Gasteiger partial charge on any atom is -0.453 e. The maximum absolute atomic E-state index is 6.53. The zero-order valence-electron chi connectivity index (χ0n) is 37.3. The summed E-state index contributed by atoms with van der Waals surface area (Å²) in [5.41, 5.74) is 19.5. The first-order valence-electron chi connectivity index (χ1n) is 23.4. The molecule has 11 aromatic rings. The van der Waals surface area contributed by atoms with Crippen LogP contribution in [0.1, 0.15) is 36.1 Å². The van der Waals surface area contributed by atoms with Crippen molar-refractivity contribution in [1.82, 2.24) is 0 Å². The van der Waals surface area contributed by atoms with Crippen molar-refractivity contribution in [3.8, 4) is 44.9 Å². The first-order chi connectivity index (χ1) is 33.0. The highest BCUT2D eigenvalue weighted by Gasteiger charge is 2.36. The molecule has 67 heavy (non-hydrogen) atoms. The summed E-state index contributed by atoms with van der Waals surface area (Å²) in [7, 11) is 0. The SMILES string of the molecule is CC1(C)c2ccccc2-c2ccc(-c3c4cc(N5c6ccccc6Cc6ccccc65)ccc4c(-c4cccc5ccccc45)c4cc(N5c6ccccc6Oc6ccccc65)ccc34)cc21. The summed E-state index contributed by atoms with van der Waals surface area (Å²) in [5.74, 6) is 1.68. The summed E-state index contributed by atoms with van der Waals surface area (Å²) in [6.07, 6.45) is 0.908. The highest BCUT2D eigenvalue weighted by Crippen LogP contribution is 2.55. The highest BCUT2D eigenvalue weighted by molar-refractivity contribution is 6.25. The van der Waals surface area contributed by atoms with Gasteiger partial charge in [0.1, 0.15) is 0 Å². The molecule has 0 amide bonds. The Kier molecular flexibility index (Phi) is 8.09. The molecule has 0 unspecified atom stereocenters. The van der Waals surface area contributed by atoms with Crippen molar-refractivity contribution < 1.29 is 4.74 Å². The van der Waals surface area contributed by atoms with Crippen molar-refractivity contribution in [2.75, 3.05) is 9.80 Å². The Morgan fingerprint density at radius 1 is 0.373 bits per heavy atom. The molecule has 316 valence electrons. The summed E-state index contributed by atoms with van der Waals surface area (Å²) in [5, 5.41) is 7.28. The standard InChI is InChI=1S/C64H44N2O/c1-64(2)54-23-8-7-21-47(54)48-33-30-43(37-55(48)64)62-50-34-31-45(66-58-26-11-13-28-60(58)67-61-29-14-12-27-59(61)66)39-53(50)63(49-22-15-19-40-16-3-6-20-46(40)49)51-35-32-44(38-52(51)62)65-56-24-9-4-17-41(56)36-42-18-5-10-25-57(42)65/h3-35,37-39H,36H2,1-2H3. The lowest BCUT2D eigenvalue weighted by Gasteiger charge is -2.34. The van der Waals surface area contributed by atoms with Gasteiger partial charge in [-0.1, -0.05) is 166 Å². The maximum Gasteiger partial charge on any atom is 0.151 e. The van der Waals surface area contributed by atoms with Gasteiger partial charge in [-0.3, -0.25) is 0 Å². The van der Waals surface area contributed by atoms with Crippen molar-refractivity contribution in [3.63, 3.8) is 0 Å². The lowest BCUT2D eigenvalue weighted by atomic mass is 9.80. The lowest BCUT2D eigenvalue weighted by molar-refractivity contribution is 0.477. The number of hydrogen-bond donors (Lipinski definition) is 0. The van der Waals surface area contributed by atoms with Gasteiger partial charge in [-0.15, -0.1) is 0 Å². The van der Waals surface area contributed by atoms with Crippen LogP contribution in [0.2, 0.25) is 0 Å². The van der Waals surface area contributed by atoms with Crippen molar-refractivity contribution in [3.05, 3.63) is 241 Å². The third-order valence-corrected chi connectivity index (χ3v) is 14.8. The van der Waals surface area contributed by atoms with Crippen LogP contribution >= 0.6 is 0 Å². The minimum absolute atomic E-state index is 0.160. The number of anilines is 6. The normalized spacial score (nSPS) is 13.9. The topological polar surface area (TPSA) is 15.7 Å². The van der Waals surface area contributed by atoms with E-state index >= 15 is 0 Å². The van der Waals surface area contributed by atoms with Crippen molar-refractivity contribution >= 4 is 66.4 Å². The molecule has 0 fully saturated rings.